The van der Waals surface area contributed by atoms with E-state index < -0.39 is 24.3 Å². The van der Waals surface area contributed by atoms with Gasteiger partial charge in [0.15, 0.2) is 12.6 Å². The maximum atomic E-state index is 12.9. The minimum atomic E-state index is -4.36. The minimum Gasteiger partial charge on any atom is -0.393 e. The Morgan fingerprint density at radius 2 is 0.645 bits per heavy atom. The van der Waals surface area contributed by atoms with Gasteiger partial charge in [-0.05, 0) is 153 Å². The SMILES string of the molecule is CC(O)CC(C)O.CC(O)CC(C)O.CC(O)CC(C)O.COC(O)CC(O)OC.Cc1nc2ccccc2nc1-c1[c-]cc(C#N)cc1.Cc1nc2ccccc2nc1-c1[c-]cc(C(F)(F)F)cc1.Cc1nc2ccccc2nc1-c1[c-]cc(Cl)cc1.Cc1nc2ccccc2nc1-c1[c-]cc(F)cc1.[Pt].[Pt].[Pt].[Pt]. The quantitative estimate of drug-likeness (QED) is 0.0285. The molecule has 0 amide bonds. The number of benzene rings is 8. The molecule has 0 saturated carbocycles. The molecule has 4 heterocycles. The summed E-state index contributed by atoms with van der Waals surface area (Å²) in [4.78, 5) is 36.3. The van der Waals surface area contributed by atoms with Gasteiger partial charge in [0.1, 0.15) is 0 Å². The van der Waals surface area contributed by atoms with E-state index in [1.54, 1.807) is 72.7 Å². The smallest absolute Gasteiger partial charge is 0.381 e. The minimum absolute atomic E-state index is 0. The van der Waals surface area contributed by atoms with Gasteiger partial charge in [0.25, 0.3) is 0 Å². The molecular weight excluding hydrogens is 2160 g/mol. The summed E-state index contributed by atoms with van der Waals surface area (Å²) in [6.45, 7) is 17.5. The molecule has 0 aliphatic carbocycles. The fourth-order valence-corrected chi connectivity index (χ4v) is 9.83. The predicted molar refractivity (Wildman–Crippen MR) is 403 cm³/mol. The molecule has 0 saturated heterocycles. The predicted octanol–water partition coefficient (Wildman–Crippen LogP) is 15.0. The molecule has 4 aromatic heterocycles. The number of aryl methyl sites for hydroxylation is 4. The van der Waals surface area contributed by atoms with Crippen molar-refractivity contribution in [2.45, 2.75) is 150 Å². The molecule has 8 aromatic carbocycles. The van der Waals surface area contributed by atoms with Gasteiger partial charge in [0.05, 0.1) is 80.8 Å². The van der Waals surface area contributed by atoms with E-state index in [1.165, 1.54) is 32.4 Å². The Kier molecular flexibility index (Phi) is 47.4. The standard InChI is InChI=1S/C16H10F3N2.C16H10N3.C15H10ClN2.C15H10FN2.C5H12O4.3C5H12O2.4Pt/c1-10-15(21-14-5-3-2-4-13(14)20-10)11-6-8-12(9-7-11)16(17,18)19;1-11-16(13-8-6-12(10-17)7-9-13)19-15-5-3-2-4-14(15)18-11;2*1-10-15(11-6-8-12(16)9-7-11)18-14-5-3-2-4-13(14)17-10;1-8-4(6)3-5(7)9-2;3*1-4(6)3-5(2)7;;;;/h2-6,8-9H,1H3;2-8H,1H3;2*2-6,8-9H,1H3;4-7H,3H2,1-2H3;3*4-7H,3H2,1-2H3;;;;/q4*-1;;;;;;;;. The van der Waals surface area contributed by atoms with Gasteiger partial charge in [-0.2, -0.15) is 13.2 Å². The summed E-state index contributed by atoms with van der Waals surface area (Å²) in [5.74, 6) is -0.301. The van der Waals surface area contributed by atoms with E-state index in [0.29, 0.717) is 52.3 Å². The third-order valence-corrected chi connectivity index (χ3v) is 14.9. The molecule has 8 N–H and O–H groups in total. The van der Waals surface area contributed by atoms with Crippen molar-refractivity contribution < 1.29 is 152 Å². The number of alkyl halides is 3. The van der Waals surface area contributed by atoms with Crippen molar-refractivity contribution in [1.29, 1.82) is 5.26 Å². The van der Waals surface area contributed by atoms with Gasteiger partial charge in [-0.1, -0.05) is 48.5 Å². The Labute approximate surface area is 701 Å². The van der Waals surface area contributed by atoms with Gasteiger partial charge in [-0.25, -0.2) is 5.26 Å². The summed E-state index contributed by atoms with van der Waals surface area (Å²) in [6.07, 6.45) is -7.01. The first-order valence-electron chi connectivity index (χ1n) is 33.6. The van der Waals surface area contributed by atoms with Crippen LogP contribution < -0.4 is 0 Å². The maximum Gasteiger partial charge on any atom is 0.381 e. The number of aliphatic hydroxyl groups is 8. The topological polar surface area (TPSA) is 307 Å². The molecule has 110 heavy (non-hydrogen) atoms. The summed E-state index contributed by atoms with van der Waals surface area (Å²) in [5.41, 5.74) is 15.8. The number of hydrogen-bond acceptors (Lipinski definition) is 19. The van der Waals surface area contributed by atoms with Crippen molar-refractivity contribution in [3.8, 4) is 51.1 Å². The normalized spacial score (nSPS) is 12.6. The zero-order chi connectivity index (χ0) is 78.2. The number of nitrogens with zero attached hydrogens (tertiary/aromatic N) is 9. The van der Waals surface area contributed by atoms with E-state index in [1.807, 2.05) is 136 Å². The number of methoxy groups -OCH3 is 2. The molecule has 0 spiro atoms. The molecule has 28 heteroatoms. The number of ether oxygens (including phenoxy) is 2. The molecule has 12 aromatic rings. The van der Waals surface area contributed by atoms with Crippen LogP contribution >= 0.6 is 11.6 Å². The Bertz CT molecular complexity index is 4510. The number of halogens is 5. The first-order valence-corrected chi connectivity index (χ1v) is 34.0. The molecular formula is C82H88ClF4N9O10Pt4-4. The molecule has 600 valence electrons. The molecule has 0 aliphatic heterocycles. The molecule has 8 unspecified atom stereocenters. The van der Waals surface area contributed by atoms with Crippen molar-refractivity contribution in [1.82, 2.24) is 39.9 Å². The maximum absolute atomic E-state index is 12.9. The Morgan fingerprint density at radius 1 is 0.382 bits per heavy atom. The zero-order valence-corrected chi connectivity index (χ0v) is 72.0. The van der Waals surface area contributed by atoms with Crippen molar-refractivity contribution in [2.75, 3.05) is 14.2 Å². The summed E-state index contributed by atoms with van der Waals surface area (Å²) in [7, 11) is 2.71. The second kappa shape index (κ2) is 51.6. The number of aliphatic hydroxyl groups excluding tert-OH is 8. The van der Waals surface area contributed by atoms with E-state index in [2.05, 4.69) is 79.7 Å². The van der Waals surface area contributed by atoms with Crippen LogP contribution in [-0.4, -0.2) is 144 Å². The van der Waals surface area contributed by atoms with Gasteiger partial charge in [0, 0.05) is 162 Å². The van der Waals surface area contributed by atoms with Crippen LogP contribution in [0.3, 0.4) is 0 Å². The number of hydrogen-bond donors (Lipinski definition) is 8. The number of para-hydroxylation sites is 8. The van der Waals surface area contributed by atoms with Crippen LogP contribution in [0.15, 0.2) is 170 Å². The van der Waals surface area contributed by atoms with Crippen LogP contribution in [0.2, 0.25) is 5.02 Å². The second-order valence-electron chi connectivity index (χ2n) is 24.4. The molecule has 19 nitrogen and oxygen atoms in total. The molecule has 12 rings (SSSR count). The van der Waals surface area contributed by atoms with Gasteiger partial charge in [0.2, 0.25) is 0 Å². The molecule has 0 fully saturated rings. The Hall–Kier alpha value is -7.03. The van der Waals surface area contributed by atoms with E-state index in [-0.39, 0.29) is 133 Å². The van der Waals surface area contributed by atoms with Gasteiger partial charge >= 0.3 is 6.18 Å². The fourth-order valence-electron chi connectivity index (χ4n) is 9.72. The first-order chi connectivity index (χ1) is 50.3. The average Bonchev–Trinajstić information content (AvgIpc) is 0.824. The summed E-state index contributed by atoms with van der Waals surface area (Å²) in [5, 5.41) is 78.2. The summed E-state index contributed by atoms with van der Waals surface area (Å²) in [6, 6.07) is 63.0. The first kappa shape index (κ1) is 101. The number of aromatic nitrogens is 8. The van der Waals surface area contributed by atoms with Crippen molar-refractivity contribution >= 4 is 55.7 Å². The average molecular weight is 2250 g/mol. The monoisotopic (exact) mass is 2250 g/mol. The van der Waals surface area contributed by atoms with Crippen LogP contribution in [0, 0.1) is 69.1 Å². The van der Waals surface area contributed by atoms with E-state index in [0.717, 1.165) is 102 Å². The Balaban J connectivity index is 0.000000648. The van der Waals surface area contributed by atoms with Crippen LogP contribution in [0.4, 0.5) is 17.6 Å². The third kappa shape index (κ3) is 35.3. The molecule has 0 aliphatic rings. The van der Waals surface area contributed by atoms with E-state index in [9.17, 15) is 17.6 Å². The summed E-state index contributed by atoms with van der Waals surface area (Å²) >= 11 is 5.87. The molecule has 0 bridgehead atoms. The van der Waals surface area contributed by atoms with Gasteiger partial charge < -0.3 is 50.3 Å². The zero-order valence-electron chi connectivity index (χ0n) is 62.2. The Morgan fingerprint density at radius 3 is 0.855 bits per heavy atom. The largest absolute Gasteiger partial charge is 0.393 e. The van der Waals surface area contributed by atoms with Crippen LogP contribution in [-0.2, 0) is 99.9 Å². The number of nitriles is 1. The summed E-state index contributed by atoms with van der Waals surface area (Å²) < 4.78 is 59.4. The van der Waals surface area contributed by atoms with Gasteiger partial charge in [-0.3, -0.25) is 44.3 Å². The number of rotatable bonds is 14. The van der Waals surface area contributed by atoms with Crippen LogP contribution in [0.1, 0.15) is 101 Å². The van der Waals surface area contributed by atoms with E-state index >= 15 is 0 Å². The van der Waals surface area contributed by atoms with Crippen molar-refractivity contribution in [2.24, 2.45) is 0 Å². The van der Waals surface area contributed by atoms with Crippen molar-refractivity contribution in [3.63, 3.8) is 0 Å². The van der Waals surface area contributed by atoms with Crippen LogP contribution in [0.25, 0.3) is 89.2 Å². The molecule has 8 atom stereocenters. The second-order valence-corrected chi connectivity index (χ2v) is 24.9. The van der Waals surface area contributed by atoms with E-state index in [4.69, 9.17) is 57.7 Å². The number of fused-ring (bicyclic) bond motifs is 4. The van der Waals surface area contributed by atoms with Gasteiger partial charge in [-0.15, -0.1) is 131 Å². The molecule has 0 radical (unpaired) electrons. The third-order valence-electron chi connectivity index (χ3n) is 14.6. The van der Waals surface area contributed by atoms with Crippen LogP contribution in [0.5, 0.6) is 0 Å². The fraction of sp³-hybridized carbons (Fsp3) is 0.305. The van der Waals surface area contributed by atoms with Crippen molar-refractivity contribution in [3.05, 3.63) is 239 Å².